The smallest absolute Gasteiger partial charge is 0.243 e. The molecule has 3 rings (SSSR count). The Morgan fingerprint density at radius 2 is 2.03 bits per heavy atom. The van der Waals surface area contributed by atoms with E-state index in [0.29, 0.717) is 40.7 Å². The van der Waals surface area contributed by atoms with Gasteiger partial charge in [0.25, 0.3) is 0 Å². The number of benzene rings is 1. The summed E-state index contributed by atoms with van der Waals surface area (Å²) in [6.07, 6.45) is 1.91. The summed E-state index contributed by atoms with van der Waals surface area (Å²) in [4.78, 5) is 12.4. The maximum atomic E-state index is 12.4. The largest absolute Gasteiger partial charge is 0.476 e. The molecule has 160 valence electrons. The first kappa shape index (κ1) is 22.2. The zero-order valence-corrected chi connectivity index (χ0v) is 19.0. The molecule has 10 heteroatoms. The van der Waals surface area contributed by atoms with E-state index >= 15 is 0 Å². The molecule has 0 aliphatic heterocycles. The van der Waals surface area contributed by atoms with Crippen LogP contribution in [0.25, 0.3) is 11.4 Å². The average Bonchev–Trinajstić information content (AvgIpc) is 3.32. The summed E-state index contributed by atoms with van der Waals surface area (Å²) >= 11 is 7.45. The van der Waals surface area contributed by atoms with Gasteiger partial charge in [-0.3, -0.25) is 9.48 Å². The van der Waals surface area contributed by atoms with Gasteiger partial charge in [-0.2, -0.15) is 0 Å². The first-order chi connectivity index (χ1) is 14.5. The summed E-state index contributed by atoms with van der Waals surface area (Å²) in [5.41, 5.74) is 2.42. The topological polar surface area (TPSA) is 86.9 Å². The number of hydrogen-bond donors (Lipinski definition) is 1. The molecule has 1 N–H and O–H groups in total. The molecule has 0 bridgehead atoms. The van der Waals surface area contributed by atoms with Crippen LogP contribution >= 0.6 is 23.4 Å². The highest BCUT2D eigenvalue weighted by molar-refractivity contribution is 7.99. The zero-order valence-electron chi connectivity index (χ0n) is 17.5. The third kappa shape index (κ3) is 4.96. The van der Waals surface area contributed by atoms with Crippen LogP contribution in [0.1, 0.15) is 26.3 Å². The summed E-state index contributed by atoms with van der Waals surface area (Å²) < 4.78 is 9.44. The number of aryl methyl sites for hydroxylation is 2. The average molecular weight is 449 g/mol. The van der Waals surface area contributed by atoms with Crippen molar-refractivity contribution in [2.75, 3.05) is 17.7 Å². The van der Waals surface area contributed by atoms with Crippen molar-refractivity contribution in [3.63, 3.8) is 0 Å². The van der Waals surface area contributed by atoms with E-state index in [1.165, 1.54) is 11.8 Å². The summed E-state index contributed by atoms with van der Waals surface area (Å²) in [5, 5.41) is 17.2. The van der Waals surface area contributed by atoms with Crippen molar-refractivity contribution in [2.24, 2.45) is 0 Å². The Labute approximate surface area is 185 Å². The highest BCUT2D eigenvalue weighted by Crippen LogP contribution is 2.30. The molecule has 0 aliphatic rings. The second kappa shape index (κ2) is 9.99. The van der Waals surface area contributed by atoms with Gasteiger partial charge in [0.15, 0.2) is 11.0 Å². The van der Waals surface area contributed by atoms with Crippen molar-refractivity contribution in [1.29, 1.82) is 0 Å². The van der Waals surface area contributed by atoms with Crippen LogP contribution < -0.4 is 10.1 Å². The van der Waals surface area contributed by atoms with Crippen LogP contribution in [0.2, 0.25) is 5.02 Å². The molecule has 0 fully saturated rings. The van der Waals surface area contributed by atoms with Crippen molar-refractivity contribution in [3.8, 4) is 17.3 Å². The predicted octanol–water partition coefficient (Wildman–Crippen LogP) is 4.27. The molecule has 30 heavy (non-hydrogen) atoms. The van der Waals surface area contributed by atoms with E-state index in [9.17, 15) is 4.79 Å². The molecule has 1 aromatic carbocycles. The molecule has 0 aliphatic carbocycles. The Bertz CT molecular complexity index is 1030. The van der Waals surface area contributed by atoms with Crippen molar-refractivity contribution in [2.45, 2.75) is 45.9 Å². The summed E-state index contributed by atoms with van der Waals surface area (Å²) in [6.45, 7) is 9.75. The Morgan fingerprint density at radius 1 is 1.23 bits per heavy atom. The molecule has 3 aromatic rings. The molecule has 2 aromatic heterocycles. The molecular formula is C20H25ClN6O2S. The van der Waals surface area contributed by atoms with Crippen LogP contribution in [0.4, 0.5) is 5.69 Å². The summed E-state index contributed by atoms with van der Waals surface area (Å²) in [7, 11) is 0. The minimum absolute atomic E-state index is 0.138. The number of aromatic nitrogens is 5. The quantitative estimate of drug-likeness (QED) is 0.492. The van der Waals surface area contributed by atoms with E-state index in [0.717, 1.165) is 17.7 Å². The number of carbonyl (C=O) groups excluding carboxylic acids is 1. The molecule has 1 amide bonds. The molecule has 2 heterocycles. The number of rotatable bonds is 9. The number of nitrogens with zero attached hydrogens (tertiary/aromatic N) is 5. The highest BCUT2D eigenvalue weighted by Gasteiger charge is 2.20. The first-order valence-electron chi connectivity index (χ1n) is 9.79. The monoisotopic (exact) mass is 448 g/mol. The fraction of sp³-hybridized carbons (Fsp3) is 0.400. The number of thioether (sulfide) groups is 1. The van der Waals surface area contributed by atoms with Crippen molar-refractivity contribution < 1.29 is 9.53 Å². The molecule has 0 saturated carbocycles. The van der Waals surface area contributed by atoms with Gasteiger partial charge in [-0.25, -0.2) is 0 Å². The molecule has 8 nitrogen and oxygen atoms in total. The predicted molar refractivity (Wildman–Crippen MR) is 119 cm³/mol. The third-order valence-electron chi connectivity index (χ3n) is 4.39. The fourth-order valence-electron chi connectivity index (χ4n) is 2.84. The van der Waals surface area contributed by atoms with Crippen LogP contribution in [0.5, 0.6) is 5.88 Å². The van der Waals surface area contributed by atoms with Gasteiger partial charge in [-0.15, -0.1) is 15.3 Å². The van der Waals surface area contributed by atoms with Gasteiger partial charge in [0.1, 0.15) is 5.56 Å². The Hall–Kier alpha value is -2.52. The Kier molecular flexibility index (Phi) is 7.38. The molecule has 0 spiro atoms. The number of hydrogen-bond acceptors (Lipinski definition) is 6. The lowest BCUT2D eigenvalue weighted by atomic mass is 10.2. The van der Waals surface area contributed by atoms with Gasteiger partial charge in [0, 0.05) is 30.0 Å². The van der Waals surface area contributed by atoms with Gasteiger partial charge in [-0.1, -0.05) is 29.4 Å². The van der Waals surface area contributed by atoms with Crippen LogP contribution in [0, 0.1) is 6.92 Å². The minimum Gasteiger partial charge on any atom is -0.476 e. The minimum atomic E-state index is -0.138. The fourth-order valence-corrected chi connectivity index (χ4v) is 3.82. The molecular weight excluding hydrogens is 424 g/mol. The van der Waals surface area contributed by atoms with Gasteiger partial charge in [0.2, 0.25) is 11.8 Å². The van der Waals surface area contributed by atoms with E-state index in [4.69, 9.17) is 16.3 Å². The lowest BCUT2D eigenvalue weighted by Crippen LogP contribution is -2.14. The van der Waals surface area contributed by atoms with Gasteiger partial charge < -0.3 is 14.6 Å². The molecule has 0 atom stereocenters. The SMILES string of the molecule is CCOc1nn(CC)cc1-c1nnc(SCC(=O)Nc2ccc(C)c(Cl)c2)n1CC. The van der Waals surface area contributed by atoms with Crippen LogP contribution in [0.15, 0.2) is 29.6 Å². The van der Waals surface area contributed by atoms with Crippen LogP contribution in [-0.4, -0.2) is 42.8 Å². The number of nitrogens with one attached hydrogen (secondary N) is 1. The van der Waals surface area contributed by atoms with Gasteiger partial charge >= 0.3 is 0 Å². The third-order valence-corrected chi connectivity index (χ3v) is 5.77. The number of carbonyl (C=O) groups is 1. The van der Waals surface area contributed by atoms with Gasteiger partial charge in [-0.05, 0) is 45.4 Å². The number of halogens is 1. The number of amides is 1. The number of anilines is 1. The first-order valence-corrected chi connectivity index (χ1v) is 11.2. The van der Waals surface area contributed by atoms with E-state index in [2.05, 4.69) is 20.6 Å². The number of ether oxygens (including phenoxy) is 1. The normalized spacial score (nSPS) is 11.0. The Balaban J connectivity index is 1.74. The molecule has 0 unspecified atom stereocenters. The Morgan fingerprint density at radius 3 is 2.70 bits per heavy atom. The van der Waals surface area contributed by atoms with Crippen molar-refractivity contribution in [3.05, 3.63) is 35.0 Å². The van der Waals surface area contributed by atoms with Crippen molar-refractivity contribution >= 4 is 35.0 Å². The highest BCUT2D eigenvalue weighted by atomic mass is 35.5. The van der Waals surface area contributed by atoms with E-state index < -0.39 is 0 Å². The van der Waals surface area contributed by atoms with Crippen molar-refractivity contribution in [1.82, 2.24) is 24.5 Å². The maximum absolute atomic E-state index is 12.4. The van der Waals surface area contributed by atoms with Crippen LogP contribution in [0.3, 0.4) is 0 Å². The second-order valence-electron chi connectivity index (χ2n) is 6.49. The van der Waals surface area contributed by atoms with E-state index in [1.807, 2.05) is 55.3 Å². The van der Waals surface area contributed by atoms with Crippen LogP contribution in [-0.2, 0) is 17.9 Å². The lowest BCUT2D eigenvalue weighted by Gasteiger charge is -2.08. The van der Waals surface area contributed by atoms with Gasteiger partial charge in [0.05, 0.1) is 12.4 Å². The maximum Gasteiger partial charge on any atom is 0.243 e. The van der Waals surface area contributed by atoms with E-state index in [1.54, 1.807) is 6.07 Å². The summed E-state index contributed by atoms with van der Waals surface area (Å²) in [6, 6.07) is 5.45. The second-order valence-corrected chi connectivity index (χ2v) is 7.84. The zero-order chi connectivity index (χ0) is 21.7. The molecule has 0 saturated heterocycles. The standard InChI is InChI=1S/C20H25ClN6O2S/c1-5-26-11-15(19(25-26)29-7-3)18-23-24-20(27(18)6-2)30-12-17(28)22-14-9-8-13(4)16(21)10-14/h8-11H,5-7,12H2,1-4H3,(H,22,28). The molecule has 0 radical (unpaired) electrons. The lowest BCUT2D eigenvalue weighted by molar-refractivity contribution is -0.113. The summed E-state index contributed by atoms with van der Waals surface area (Å²) in [5.74, 6) is 1.28. The van der Waals surface area contributed by atoms with E-state index in [-0.39, 0.29) is 11.7 Å².